The molecule has 0 aliphatic carbocycles. The van der Waals surface area contributed by atoms with Gasteiger partial charge in [-0.2, -0.15) is 0 Å². The van der Waals surface area contributed by atoms with Crippen LogP contribution in [0.1, 0.15) is 5.56 Å². The summed E-state index contributed by atoms with van der Waals surface area (Å²) in [5, 5.41) is 5.16. The number of aromatic nitrogens is 2. The van der Waals surface area contributed by atoms with Gasteiger partial charge in [0.1, 0.15) is 5.82 Å². The number of nitrogens with zero attached hydrogens (tertiary/aromatic N) is 2. The van der Waals surface area contributed by atoms with Crippen molar-refractivity contribution in [1.29, 1.82) is 0 Å². The van der Waals surface area contributed by atoms with Gasteiger partial charge in [0.15, 0.2) is 23.3 Å². The zero-order chi connectivity index (χ0) is 28.6. The number of aryl methyl sites for hydroxylation is 1. The van der Waals surface area contributed by atoms with Gasteiger partial charge in [-0.3, -0.25) is 0 Å². The highest BCUT2D eigenvalue weighted by molar-refractivity contribution is 7.89. The third kappa shape index (κ3) is 5.01. The Morgan fingerprint density at radius 3 is 1.70 bits per heavy atom. The molecule has 1 heterocycles. The topological polar surface area (TPSA) is 78.0 Å². The van der Waals surface area contributed by atoms with E-state index in [0.29, 0.717) is 22.4 Å². The Morgan fingerprint density at radius 2 is 1.18 bits per heavy atom. The summed E-state index contributed by atoms with van der Waals surface area (Å²) in [5.74, 6) is -10.9. The zero-order valence-electron chi connectivity index (χ0n) is 20.6. The average molecular weight is 570 g/mol. The molecule has 2 N–H and O–H groups in total. The van der Waals surface area contributed by atoms with E-state index in [2.05, 4.69) is 4.98 Å². The maximum absolute atomic E-state index is 15.1. The standard InChI is InChI=1S/C29H20F5N3O2S/c30-22-21(23(31)25(33)26(34)24(22)32)29-36-27(18-7-3-1-4-8-18)28(19-9-5-2-6-10-19)37(29)16-15-17-11-13-20(14-12-17)40(35,38)39/h1-14H,15-16H2,(H2,35,38,39). The van der Waals surface area contributed by atoms with Crippen molar-refractivity contribution in [2.75, 3.05) is 0 Å². The minimum Gasteiger partial charge on any atom is -0.323 e. The predicted octanol–water partition coefficient (Wildman–Crippen LogP) is 6.47. The molecule has 0 radical (unpaired) electrons. The Bertz CT molecular complexity index is 1780. The van der Waals surface area contributed by atoms with E-state index in [9.17, 15) is 21.6 Å². The van der Waals surface area contributed by atoms with Gasteiger partial charge in [0.05, 0.1) is 21.8 Å². The molecule has 4 aromatic carbocycles. The molecule has 0 unspecified atom stereocenters. The van der Waals surface area contributed by atoms with E-state index in [4.69, 9.17) is 5.14 Å². The summed E-state index contributed by atoms with van der Waals surface area (Å²) < 4.78 is 97.3. The number of hydrogen-bond donors (Lipinski definition) is 1. The molecule has 11 heteroatoms. The normalized spacial score (nSPS) is 11.7. The summed E-state index contributed by atoms with van der Waals surface area (Å²) in [6.07, 6.45) is 0.192. The lowest BCUT2D eigenvalue weighted by molar-refractivity contribution is 0.380. The number of sulfonamides is 1. The number of rotatable bonds is 7. The molecule has 0 saturated carbocycles. The minimum absolute atomic E-state index is 0.00634. The summed E-state index contributed by atoms with van der Waals surface area (Å²) in [6.45, 7) is -0.00634. The molecule has 0 aliphatic rings. The van der Waals surface area contributed by atoms with Crippen molar-refractivity contribution in [3.05, 3.63) is 120 Å². The zero-order valence-corrected chi connectivity index (χ0v) is 21.4. The third-order valence-corrected chi connectivity index (χ3v) is 7.30. The van der Waals surface area contributed by atoms with Crippen LogP contribution in [0.15, 0.2) is 89.8 Å². The van der Waals surface area contributed by atoms with Gasteiger partial charge in [0.25, 0.3) is 0 Å². The monoisotopic (exact) mass is 569 g/mol. The molecule has 204 valence electrons. The molecule has 1 aromatic heterocycles. The molecule has 0 saturated heterocycles. The molecule has 0 atom stereocenters. The first-order valence-corrected chi connectivity index (χ1v) is 13.5. The maximum Gasteiger partial charge on any atom is 0.238 e. The van der Waals surface area contributed by atoms with E-state index in [0.717, 1.165) is 0 Å². The van der Waals surface area contributed by atoms with Crippen molar-refractivity contribution >= 4 is 10.0 Å². The molecule has 5 aromatic rings. The number of halogens is 5. The lowest BCUT2D eigenvalue weighted by Crippen LogP contribution is -2.12. The molecular weight excluding hydrogens is 549 g/mol. The Kier molecular flexibility index (Phi) is 7.26. The van der Waals surface area contributed by atoms with Crippen molar-refractivity contribution in [2.24, 2.45) is 5.14 Å². The Morgan fingerprint density at radius 1 is 0.675 bits per heavy atom. The SMILES string of the molecule is NS(=O)(=O)c1ccc(CCn2c(-c3c(F)c(F)c(F)c(F)c3F)nc(-c3ccccc3)c2-c2ccccc2)cc1. The molecule has 0 aliphatic heterocycles. The van der Waals surface area contributed by atoms with E-state index < -0.39 is 50.5 Å². The molecule has 0 amide bonds. The first kappa shape index (κ1) is 27.2. The molecule has 0 fully saturated rings. The smallest absolute Gasteiger partial charge is 0.238 e. The summed E-state index contributed by atoms with van der Waals surface area (Å²) in [7, 11) is -3.92. The first-order valence-electron chi connectivity index (χ1n) is 11.9. The molecule has 5 rings (SSSR count). The fraction of sp³-hybridized carbons (Fsp3) is 0.0690. The van der Waals surface area contributed by atoms with Gasteiger partial charge < -0.3 is 4.57 Å². The van der Waals surface area contributed by atoms with Crippen LogP contribution in [0.25, 0.3) is 33.9 Å². The lowest BCUT2D eigenvalue weighted by Gasteiger charge is -2.15. The van der Waals surface area contributed by atoms with Crippen molar-refractivity contribution in [3.8, 4) is 33.9 Å². The predicted molar refractivity (Wildman–Crippen MR) is 140 cm³/mol. The van der Waals surface area contributed by atoms with Crippen LogP contribution >= 0.6 is 0 Å². The fourth-order valence-corrected chi connectivity index (χ4v) is 4.95. The maximum atomic E-state index is 15.1. The van der Waals surface area contributed by atoms with E-state index in [-0.39, 0.29) is 23.6 Å². The second kappa shape index (κ2) is 10.7. The highest BCUT2D eigenvalue weighted by atomic mass is 32.2. The average Bonchev–Trinajstić information content (AvgIpc) is 3.33. The van der Waals surface area contributed by atoms with Gasteiger partial charge in [-0.25, -0.2) is 40.5 Å². The van der Waals surface area contributed by atoms with Gasteiger partial charge >= 0.3 is 0 Å². The number of benzene rings is 4. The highest BCUT2D eigenvalue weighted by Gasteiger charge is 2.31. The molecule has 0 bridgehead atoms. The quantitative estimate of drug-likeness (QED) is 0.139. The largest absolute Gasteiger partial charge is 0.323 e. The fourth-order valence-electron chi connectivity index (χ4n) is 4.44. The van der Waals surface area contributed by atoms with Crippen LogP contribution in [0.3, 0.4) is 0 Å². The van der Waals surface area contributed by atoms with E-state index in [1.807, 2.05) is 0 Å². The molecule has 5 nitrogen and oxygen atoms in total. The summed E-state index contributed by atoms with van der Waals surface area (Å²) >= 11 is 0. The number of imidazole rings is 1. The number of hydrogen-bond acceptors (Lipinski definition) is 3. The van der Waals surface area contributed by atoms with Crippen molar-refractivity contribution in [3.63, 3.8) is 0 Å². The summed E-state index contributed by atoms with van der Waals surface area (Å²) in [5.41, 5.74) is 1.29. The molecule has 0 spiro atoms. The van der Waals surface area contributed by atoms with Crippen molar-refractivity contribution in [2.45, 2.75) is 17.9 Å². The van der Waals surface area contributed by atoms with E-state index in [1.54, 1.807) is 60.7 Å². The van der Waals surface area contributed by atoms with Crippen LogP contribution in [0.4, 0.5) is 22.0 Å². The van der Waals surface area contributed by atoms with Gasteiger partial charge in [-0.1, -0.05) is 72.8 Å². The first-order chi connectivity index (χ1) is 19.1. The van der Waals surface area contributed by atoms with Crippen LogP contribution < -0.4 is 5.14 Å². The van der Waals surface area contributed by atoms with Gasteiger partial charge in [0.2, 0.25) is 15.8 Å². The second-order valence-corrected chi connectivity index (χ2v) is 10.5. The van der Waals surface area contributed by atoms with Crippen LogP contribution in [-0.2, 0) is 23.0 Å². The van der Waals surface area contributed by atoms with Gasteiger partial charge in [-0.05, 0) is 24.1 Å². The van der Waals surface area contributed by atoms with Crippen LogP contribution in [0.2, 0.25) is 0 Å². The number of primary sulfonamides is 1. The Balaban J connectivity index is 1.75. The number of nitrogens with two attached hydrogens (primary N) is 1. The summed E-state index contributed by atoms with van der Waals surface area (Å²) in [4.78, 5) is 4.35. The molecular formula is C29H20F5N3O2S. The lowest BCUT2D eigenvalue weighted by atomic mass is 10.0. The van der Waals surface area contributed by atoms with Crippen molar-refractivity contribution in [1.82, 2.24) is 9.55 Å². The van der Waals surface area contributed by atoms with Crippen molar-refractivity contribution < 1.29 is 30.4 Å². The Labute approximate surface area is 226 Å². The minimum atomic E-state index is -3.92. The van der Waals surface area contributed by atoms with Gasteiger partial charge in [-0.15, -0.1) is 0 Å². The van der Waals surface area contributed by atoms with Crippen LogP contribution in [-0.4, -0.2) is 18.0 Å². The summed E-state index contributed by atoms with van der Waals surface area (Å²) in [6, 6.07) is 23.1. The van der Waals surface area contributed by atoms with Crippen LogP contribution in [0.5, 0.6) is 0 Å². The van der Waals surface area contributed by atoms with E-state index >= 15 is 8.78 Å². The molecule has 40 heavy (non-hydrogen) atoms. The van der Waals surface area contributed by atoms with Gasteiger partial charge in [0, 0.05) is 17.7 Å². The Hall–Kier alpha value is -4.35. The highest BCUT2D eigenvalue weighted by Crippen LogP contribution is 2.39. The van der Waals surface area contributed by atoms with Crippen LogP contribution in [0, 0.1) is 29.1 Å². The van der Waals surface area contributed by atoms with E-state index in [1.165, 1.54) is 28.8 Å². The third-order valence-electron chi connectivity index (χ3n) is 6.37. The second-order valence-electron chi connectivity index (χ2n) is 8.90.